The minimum atomic E-state index is -1.58. The van der Waals surface area contributed by atoms with Crippen molar-refractivity contribution >= 4 is 17.7 Å². The summed E-state index contributed by atoms with van der Waals surface area (Å²) in [5, 5.41) is 7.15. The van der Waals surface area contributed by atoms with Crippen LogP contribution in [0, 0.1) is 17.5 Å². The molecule has 1 amide bonds. The Kier molecular flexibility index (Phi) is 5.89. The van der Waals surface area contributed by atoms with Gasteiger partial charge in [0.2, 0.25) is 5.95 Å². The van der Waals surface area contributed by atoms with Crippen molar-refractivity contribution in [2.45, 2.75) is 45.0 Å². The number of hydrogen-bond donors (Lipinski definition) is 1. The van der Waals surface area contributed by atoms with Gasteiger partial charge in [0.15, 0.2) is 23.1 Å². The number of ether oxygens (including phenoxy) is 1. The molecular weight excluding hydrogens is 442 g/mol. The van der Waals surface area contributed by atoms with E-state index < -0.39 is 41.4 Å². The predicted molar refractivity (Wildman–Crippen MR) is 113 cm³/mol. The summed E-state index contributed by atoms with van der Waals surface area (Å²) >= 11 is 0. The van der Waals surface area contributed by atoms with E-state index in [0.29, 0.717) is 6.42 Å². The van der Waals surface area contributed by atoms with Gasteiger partial charge >= 0.3 is 6.09 Å². The summed E-state index contributed by atoms with van der Waals surface area (Å²) in [6.45, 7) is 5.35. The van der Waals surface area contributed by atoms with Crippen molar-refractivity contribution in [3.8, 4) is 11.1 Å². The Labute approximate surface area is 187 Å². The number of rotatable bonds is 3. The van der Waals surface area contributed by atoms with Gasteiger partial charge in [-0.1, -0.05) is 0 Å². The quantitative estimate of drug-likeness (QED) is 0.453. The fraction of sp³-hybridized carbons (Fsp3) is 0.409. The zero-order valence-corrected chi connectivity index (χ0v) is 18.3. The molecule has 176 valence electrons. The van der Waals surface area contributed by atoms with Crippen molar-refractivity contribution in [1.29, 1.82) is 0 Å². The standard InChI is InChI=1S/C22H23F4N5O2/c1-22(2,3)33-21(32)30-10-8-16(15(24)11-30)27-20-28-19-13(5-4-9-31(19)29-20)12-6-7-14(23)18(26)17(12)25/h4-7,9,15-16H,8,10-11H2,1-3H3,(H,27,29)/t15-,16+/m0/s1. The Morgan fingerprint density at radius 3 is 2.61 bits per heavy atom. The number of hydrogen-bond acceptors (Lipinski definition) is 5. The molecule has 0 saturated carbocycles. The summed E-state index contributed by atoms with van der Waals surface area (Å²) in [7, 11) is 0. The molecule has 11 heteroatoms. The zero-order chi connectivity index (χ0) is 23.9. The van der Waals surface area contributed by atoms with Gasteiger partial charge in [0.05, 0.1) is 12.6 Å². The van der Waals surface area contributed by atoms with Crippen molar-refractivity contribution in [2.75, 3.05) is 18.4 Å². The molecule has 2 aromatic heterocycles. The van der Waals surface area contributed by atoms with E-state index in [0.717, 1.165) is 12.1 Å². The van der Waals surface area contributed by atoms with Crippen LogP contribution < -0.4 is 5.32 Å². The Balaban J connectivity index is 1.53. The number of aromatic nitrogens is 3. The summed E-state index contributed by atoms with van der Waals surface area (Å²) in [6, 6.07) is 4.34. The van der Waals surface area contributed by atoms with Gasteiger partial charge in [-0.2, -0.15) is 4.98 Å². The third-order valence-electron chi connectivity index (χ3n) is 5.20. The number of carbonyl (C=O) groups excluding carboxylic acids is 1. The summed E-state index contributed by atoms with van der Waals surface area (Å²) in [4.78, 5) is 17.8. The number of anilines is 1. The fourth-order valence-electron chi connectivity index (χ4n) is 3.64. The molecule has 0 spiro atoms. The van der Waals surface area contributed by atoms with Crippen LogP contribution in [0.15, 0.2) is 30.5 Å². The number of benzene rings is 1. The summed E-state index contributed by atoms with van der Waals surface area (Å²) < 4.78 is 62.8. The Bertz CT molecular complexity index is 1190. The van der Waals surface area contributed by atoms with Gasteiger partial charge < -0.3 is 15.0 Å². The van der Waals surface area contributed by atoms with E-state index >= 15 is 0 Å². The van der Waals surface area contributed by atoms with Crippen molar-refractivity contribution in [2.24, 2.45) is 0 Å². The highest BCUT2D eigenvalue weighted by Gasteiger charge is 2.34. The van der Waals surface area contributed by atoms with E-state index in [1.165, 1.54) is 15.5 Å². The van der Waals surface area contributed by atoms with Gasteiger partial charge in [-0.05, 0) is 51.5 Å². The first-order chi connectivity index (χ1) is 15.5. The van der Waals surface area contributed by atoms with Crippen LogP contribution in [0.4, 0.5) is 28.3 Å². The van der Waals surface area contributed by atoms with Crippen molar-refractivity contribution in [3.05, 3.63) is 47.9 Å². The number of fused-ring (bicyclic) bond motifs is 1. The SMILES string of the molecule is CC(C)(C)OC(=O)N1CC[C@@H](Nc2nc3c(-c4ccc(F)c(F)c4F)cccn3n2)[C@@H](F)C1. The van der Waals surface area contributed by atoms with Crippen LogP contribution in [-0.2, 0) is 4.74 Å². The number of likely N-dealkylation sites (tertiary alicyclic amines) is 1. The normalized spacial score (nSPS) is 19.1. The maximum Gasteiger partial charge on any atom is 0.410 e. The average Bonchev–Trinajstić information content (AvgIpc) is 3.15. The molecule has 1 aliphatic heterocycles. The van der Waals surface area contributed by atoms with Gasteiger partial charge in [0.1, 0.15) is 11.8 Å². The highest BCUT2D eigenvalue weighted by Crippen LogP contribution is 2.29. The predicted octanol–water partition coefficient (Wildman–Crippen LogP) is 4.57. The first kappa shape index (κ1) is 22.8. The largest absolute Gasteiger partial charge is 0.444 e. The van der Waals surface area contributed by atoms with Crippen LogP contribution in [-0.4, -0.2) is 56.5 Å². The average molecular weight is 465 g/mol. The minimum absolute atomic E-state index is 0.0869. The first-order valence-electron chi connectivity index (χ1n) is 10.4. The highest BCUT2D eigenvalue weighted by molar-refractivity contribution is 5.78. The molecule has 4 rings (SSSR count). The second kappa shape index (κ2) is 8.53. The maximum atomic E-state index is 14.8. The number of nitrogens with one attached hydrogen (secondary N) is 1. The monoisotopic (exact) mass is 465 g/mol. The number of amides is 1. The molecule has 3 heterocycles. The third kappa shape index (κ3) is 4.71. The number of piperidine rings is 1. The zero-order valence-electron chi connectivity index (χ0n) is 18.3. The lowest BCUT2D eigenvalue weighted by Crippen LogP contribution is -2.51. The van der Waals surface area contributed by atoms with E-state index in [-0.39, 0.29) is 35.8 Å². The van der Waals surface area contributed by atoms with Crippen LogP contribution in [0.3, 0.4) is 0 Å². The molecule has 2 atom stereocenters. The lowest BCUT2D eigenvalue weighted by molar-refractivity contribution is 0.0125. The molecule has 1 N–H and O–H groups in total. The van der Waals surface area contributed by atoms with Gasteiger partial charge in [-0.15, -0.1) is 5.10 Å². The Morgan fingerprint density at radius 1 is 1.15 bits per heavy atom. The lowest BCUT2D eigenvalue weighted by Gasteiger charge is -2.35. The molecule has 0 bridgehead atoms. The van der Waals surface area contributed by atoms with Gasteiger partial charge in [-0.3, -0.25) is 0 Å². The first-order valence-corrected chi connectivity index (χ1v) is 10.4. The summed E-state index contributed by atoms with van der Waals surface area (Å²) in [5.41, 5.74) is -0.465. The Morgan fingerprint density at radius 2 is 1.91 bits per heavy atom. The molecule has 1 aliphatic rings. The van der Waals surface area contributed by atoms with Crippen LogP contribution >= 0.6 is 0 Å². The molecule has 1 saturated heterocycles. The van der Waals surface area contributed by atoms with Crippen LogP contribution in [0.1, 0.15) is 27.2 Å². The van der Waals surface area contributed by atoms with Crippen LogP contribution in [0.2, 0.25) is 0 Å². The number of nitrogens with zero attached hydrogens (tertiary/aromatic N) is 4. The molecular formula is C22H23F4N5O2. The van der Waals surface area contributed by atoms with Crippen LogP contribution in [0.25, 0.3) is 16.8 Å². The van der Waals surface area contributed by atoms with Crippen molar-refractivity contribution in [1.82, 2.24) is 19.5 Å². The number of pyridine rings is 1. The van der Waals surface area contributed by atoms with E-state index in [1.54, 1.807) is 33.0 Å². The summed E-state index contributed by atoms with van der Waals surface area (Å²) in [5.74, 6) is -4.12. The van der Waals surface area contributed by atoms with E-state index in [1.807, 2.05) is 0 Å². The molecule has 0 aliphatic carbocycles. The maximum absolute atomic E-state index is 14.8. The summed E-state index contributed by atoms with van der Waals surface area (Å²) in [6.07, 6.45) is -0.137. The lowest BCUT2D eigenvalue weighted by atomic mass is 10.0. The minimum Gasteiger partial charge on any atom is -0.444 e. The van der Waals surface area contributed by atoms with E-state index in [2.05, 4.69) is 15.4 Å². The van der Waals surface area contributed by atoms with Crippen molar-refractivity contribution in [3.63, 3.8) is 0 Å². The number of carbonyl (C=O) groups is 1. The molecule has 7 nitrogen and oxygen atoms in total. The molecule has 0 radical (unpaired) electrons. The molecule has 3 aromatic rings. The number of alkyl halides is 1. The van der Waals surface area contributed by atoms with Gasteiger partial charge in [0.25, 0.3) is 0 Å². The van der Waals surface area contributed by atoms with Gasteiger partial charge in [-0.25, -0.2) is 26.9 Å². The fourth-order valence-corrected chi connectivity index (χ4v) is 3.64. The highest BCUT2D eigenvalue weighted by atomic mass is 19.2. The van der Waals surface area contributed by atoms with E-state index in [9.17, 15) is 22.4 Å². The topological polar surface area (TPSA) is 71.8 Å². The molecule has 33 heavy (non-hydrogen) atoms. The second-order valence-electron chi connectivity index (χ2n) is 8.83. The van der Waals surface area contributed by atoms with E-state index in [4.69, 9.17) is 4.74 Å². The Hall–Kier alpha value is -3.37. The molecule has 1 aromatic carbocycles. The smallest absolute Gasteiger partial charge is 0.410 e. The second-order valence-corrected chi connectivity index (χ2v) is 8.83. The molecule has 0 unspecified atom stereocenters. The molecule has 1 fully saturated rings. The third-order valence-corrected chi connectivity index (χ3v) is 5.20. The van der Waals surface area contributed by atoms with Crippen LogP contribution in [0.5, 0.6) is 0 Å². The van der Waals surface area contributed by atoms with Crippen molar-refractivity contribution < 1.29 is 27.1 Å². The number of halogens is 4. The van der Waals surface area contributed by atoms with Gasteiger partial charge in [0, 0.05) is 23.9 Å².